The minimum atomic E-state index is -0.821. The van der Waals surface area contributed by atoms with Crippen LogP contribution in [0.4, 0.5) is 0 Å². The number of para-hydroxylation sites is 1. The number of methoxy groups -OCH3 is 1. The summed E-state index contributed by atoms with van der Waals surface area (Å²) < 4.78 is 11.1. The molecule has 154 valence electrons. The minimum Gasteiger partial charge on any atom is -0.495 e. The average Bonchev–Trinajstić information content (AvgIpc) is 2.75. The van der Waals surface area contributed by atoms with Crippen LogP contribution in [0.15, 0.2) is 53.5 Å². The van der Waals surface area contributed by atoms with Crippen LogP contribution in [0.3, 0.4) is 0 Å². The topological polar surface area (TPSA) is 87.5 Å². The summed E-state index contributed by atoms with van der Waals surface area (Å²) in [4.78, 5) is 37.3. The van der Waals surface area contributed by atoms with Crippen LogP contribution in [-0.4, -0.2) is 35.2 Å². The second kappa shape index (κ2) is 9.30. The fourth-order valence-electron chi connectivity index (χ4n) is 2.55. The highest BCUT2D eigenvalue weighted by Crippen LogP contribution is 2.25. The number of ketones is 1. The van der Waals surface area contributed by atoms with E-state index in [2.05, 4.69) is 5.10 Å². The first-order chi connectivity index (χ1) is 14.3. The molecule has 0 bridgehead atoms. The summed E-state index contributed by atoms with van der Waals surface area (Å²) in [6, 6.07) is 10.6. The molecular formula is C20H13Cl3N2O5. The zero-order valence-corrected chi connectivity index (χ0v) is 17.7. The number of carbonyl (C=O) groups is 2. The van der Waals surface area contributed by atoms with E-state index < -0.39 is 23.9 Å². The standard InChI is InChI=1S/C20H13Cl3N2O5/c1-29-17-7-6-11(8-13(17)21)16(26)10-30-20(28)12-4-2-3-5-15(12)25-19(27)18(23)14(22)9-24-25/h2-9H,10H2,1H3. The summed E-state index contributed by atoms with van der Waals surface area (Å²) in [6.45, 7) is -0.528. The number of benzene rings is 2. The molecular weight excluding hydrogens is 455 g/mol. The van der Waals surface area contributed by atoms with E-state index in [1.807, 2.05) is 0 Å². The second-order valence-corrected chi connectivity index (χ2v) is 7.08. The molecule has 0 spiro atoms. The van der Waals surface area contributed by atoms with Crippen molar-refractivity contribution in [2.75, 3.05) is 13.7 Å². The lowest BCUT2D eigenvalue weighted by atomic mass is 10.1. The number of ether oxygens (including phenoxy) is 2. The van der Waals surface area contributed by atoms with E-state index in [1.54, 1.807) is 12.1 Å². The summed E-state index contributed by atoms with van der Waals surface area (Å²) in [6.07, 6.45) is 1.18. The molecule has 0 atom stereocenters. The number of halogens is 3. The number of hydrogen-bond donors (Lipinski definition) is 0. The lowest BCUT2D eigenvalue weighted by Crippen LogP contribution is -2.24. The highest BCUT2D eigenvalue weighted by Gasteiger charge is 2.19. The van der Waals surface area contributed by atoms with Gasteiger partial charge in [-0.1, -0.05) is 46.9 Å². The Labute approximate surface area is 185 Å². The van der Waals surface area contributed by atoms with E-state index in [0.717, 1.165) is 4.68 Å². The Kier molecular flexibility index (Phi) is 6.77. The normalized spacial score (nSPS) is 10.5. The molecule has 1 heterocycles. The number of hydrogen-bond acceptors (Lipinski definition) is 6. The predicted molar refractivity (Wildman–Crippen MR) is 112 cm³/mol. The van der Waals surface area contributed by atoms with Crippen LogP contribution in [-0.2, 0) is 4.74 Å². The maximum absolute atomic E-state index is 12.6. The van der Waals surface area contributed by atoms with E-state index in [4.69, 9.17) is 44.3 Å². The molecule has 0 N–H and O–H groups in total. The third-order valence-corrected chi connectivity index (χ3v) is 5.08. The van der Waals surface area contributed by atoms with E-state index in [1.165, 1.54) is 43.6 Å². The van der Waals surface area contributed by atoms with E-state index >= 15 is 0 Å². The van der Waals surface area contributed by atoms with Crippen molar-refractivity contribution in [3.63, 3.8) is 0 Å². The highest BCUT2D eigenvalue weighted by atomic mass is 35.5. The van der Waals surface area contributed by atoms with Gasteiger partial charge in [0.25, 0.3) is 5.56 Å². The molecule has 1 aromatic heterocycles. The number of esters is 1. The fraction of sp³-hybridized carbons (Fsp3) is 0.100. The first kappa shape index (κ1) is 21.8. The monoisotopic (exact) mass is 466 g/mol. The zero-order chi connectivity index (χ0) is 21.8. The number of aromatic nitrogens is 2. The van der Waals surface area contributed by atoms with Gasteiger partial charge in [0.15, 0.2) is 12.4 Å². The molecule has 0 saturated carbocycles. The summed E-state index contributed by atoms with van der Waals surface area (Å²) in [5, 5.41) is 3.91. The minimum absolute atomic E-state index is 0.0123. The van der Waals surface area contributed by atoms with Crippen LogP contribution in [0, 0.1) is 0 Å². The summed E-state index contributed by atoms with van der Waals surface area (Å²) in [5.41, 5.74) is -0.297. The first-order valence-electron chi connectivity index (χ1n) is 8.40. The van der Waals surface area contributed by atoms with Crippen LogP contribution in [0.2, 0.25) is 15.1 Å². The molecule has 10 heteroatoms. The van der Waals surface area contributed by atoms with Gasteiger partial charge in [-0.15, -0.1) is 0 Å². The molecule has 0 aliphatic carbocycles. The molecule has 0 saturated heterocycles. The molecule has 0 fully saturated rings. The SMILES string of the molecule is COc1ccc(C(=O)COC(=O)c2ccccc2-n2ncc(Cl)c(Cl)c2=O)cc1Cl. The van der Waals surface area contributed by atoms with Crippen molar-refractivity contribution in [3.05, 3.63) is 85.2 Å². The van der Waals surface area contributed by atoms with Crippen molar-refractivity contribution >= 4 is 46.6 Å². The van der Waals surface area contributed by atoms with Gasteiger partial charge >= 0.3 is 5.97 Å². The van der Waals surface area contributed by atoms with Gasteiger partial charge in [0.1, 0.15) is 10.8 Å². The fourth-order valence-corrected chi connectivity index (χ4v) is 3.06. The van der Waals surface area contributed by atoms with Gasteiger partial charge in [-0.3, -0.25) is 9.59 Å². The van der Waals surface area contributed by atoms with Gasteiger partial charge < -0.3 is 9.47 Å². The molecule has 0 radical (unpaired) electrons. The summed E-state index contributed by atoms with van der Waals surface area (Å²) in [7, 11) is 1.45. The summed E-state index contributed by atoms with van der Waals surface area (Å²) >= 11 is 17.7. The van der Waals surface area contributed by atoms with Crippen LogP contribution in [0.5, 0.6) is 5.75 Å². The van der Waals surface area contributed by atoms with Crippen molar-refractivity contribution in [1.29, 1.82) is 0 Å². The molecule has 3 rings (SSSR count). The molecule has 0 aliphatic rings. The molecule has 3 aromatic rings. The Morgan fingerprint density at radius 2 is 1.80 bits per heavy atom. The van der Waals surface area contributed by atoms with Gasteiger partial charge in [-0.2, -0.15) is 9.78 Å². The van der Waals surface area contributed by atoms with Gasteiger partial charge in [0, 0.05) is 5.56 Å². The number of rotatable bonds is 6. The van der Waals surface area contributed by atoms with Crippen molar-refractivity contribution in [2.45, 2.75) is 0 Å². The lowest BCUT2D eigenvalue weighted by Gasteiger charge is -2.11. The molecule has 0 amide bonds. The van der Waals surface area contributed by atoms with Crippen LogP contribution in [0.1, 0.15) is 20.7 Å². The molecule has 2 aromatic carbocycles. The van der Waals surface area contributed by atoms with Crippen LogP contribution in [0.25, 0.3) is 5.69 Å². The lowest BCUT2D eigenvalue weighted by molar-refractivity contribution is 0.0474. The van der Waals surface area contributed by atoms with Crippen molar-refractivity contribution in [1.82, 2.24) is 9.78 Å². The van der Waals surface area contributed by atoms with E-state index in [-0.39, 0.29) is 31.9 Å². The van der Waals surface area contributed by atoms with Crippen molar-refractivity contribution in [3.8, 4) is 11.4 Å². The third-order valence-electron chi connectivity index (χ3n) is 4.04. The molecule has 7 nitrogen and oxygen atoms in total. The quantitative estimate of drug-likeness (QED) is 0.398. The second-order valence-electron chi connectivity index (χ2n) is 5.89. The Hall–Kier alpha value is -2.87. The highest BCUT2D eigenvalue weighted by molar-refractivity contribution is 6.41. The Morgan fingerprint density at radius 1 is 1.07 bits per heavy atom. The maximum atomic E-state index is 12.6. The average molecular weight is 468 g/mol. The van der Waals surface area contributed by atoms with Crippen LogP contribution < -0.4 is 10.3 Å². The van der Waals surface area contributed by atoms with Gasteiger partial charge in [-0.05, 0) is 30.3 Å². The molecule has 30 heavy (non-hydrogen) atoms. The Balaban J connectivity index is 1.82. The van der Waals surface area contributed by atoms with Gasteiger partial charge in [0.05, 0.1) is 34.6 Å². The van der Waals surface area contributed by atoms with Gasteiger partial charge in [0.2, 0.25) is 0 Å². The van der Waals surface area contributed by atoms with Gasteiger partial charge in [-0.25, -0.2) is 4.79 Å². The van der Waals surface area contributed by atoms with Crippen LogP contribution >= 0.6 is 34.8 Å². The predicted octanol–water partition coefficient (Wildman–Crippen LogP) is 4.24. The number of Topliss-reactive ketones (excluding diaryl/α,β-unsaturated/α-hetero) is 1. The largest absolute Gasteiger partial charge is 0.495 e. The molecule has 0 aliphatic heterocycles. The third kappa shape index (κ3) is 4.48. The Morgan fingerprint density at radius 3 is 2.50 bits per heavy atom. The van der Waals surface area contributed by atoms with E-state index in [0.29, 0.717) is 5.75 Å². The maximum Gasteiger partial charge on any atom is 0.340 e. The zero-order valence-electron chi connectivity index (χ0n) is 15.4. The van der Waals surface area contributed by atoms with Crippen molar-refractivity contribution < 1.29 is 19.1 Å². The summed E-state index contributed by atoms with van der Waals surface area (Å²) in [5.74, 6) is -0.868. The van der Waals surface area contributed by atoms with E-state index in [9.17, 15) is 14.4 Å². The number of nitrogens with zero attached hydrogens (tertiary/aromatic N) is 2. The smallest absolute Gasteiger partial charge is 0.340 e. The number of carbonyl (C=O) groups excluding carboxylic acids is 2. The van der Waals surface area contributed by atoms with Crippen molar-refractivity contribution in [2.24, 2.45) is 0 Å². The molecule has 0 unspecified atom stereocenters. The Bertz CT molecular complexity index is 1190. The first-order valence-corrected chi connectivity index (χ1v) is 9.53.